The van der Waals surface area contributed by atoms with E-state index in [-0.39, 0.29) is 11.5 Å². The Morgan fingerprint density at radius 2 is 1.88 bits per heavy atom. The standard InChI is InChI=1S/C9H17F3N2.C2H6/c1-8(2)3-7(14-5-8)4-13-6-9(10,11)12;1-2/h7,13-14H,3-6H2,1-2H3;1-2H3. The number of rotatable bonds is 3. The SMILES string of the molecule is CC.CC1(C)CNC(CNCC(F)(F)F)C1. The van der Waals surface area contributed by atoms with E-state index in [0.29, 0.717) is 6.54 Å². The Balaban J connectivity index is 0.00000106. The molecule has 0 aromatic rings. The fourth-order valence-corrected chi connectivity index (χ4v) is 1.76. The van der Waals surface area contributed by atoms with E-state index in [2.05, 4.69) is 24.5 Å². The molecule has 0 aliphatic carbocycles. The van der Waals surface area contributed by atoms with Crippen LogP contribution in [0.4, 0.5) is 13.2 Å². The summed E-state index contributed by atoms with van der Waals surface area (Å²) >= 11 is 0. The van der Waals surface area contributed by atoms with Crippen LogP contribution in [0.2, 0.25) is 0 Å². The van der Waals surface area contributed by atoms with E-state index in [1.54, 1.807) is 0 Å². The maximum absolute atomic E-state index is 11.8. The van der Waals surface area contributed by atoms with Crippen LogP contribution in [0.3, 0.4) is 0 Å². The molecule has 5 heteroatoms. The van der Waals surface area contributed by atoms with E-state index in [0.717, 1.165) is 13.0 Å². The average molecular weight is 240 g/mol. The van der Waals surface area contributed by atoms with E-state index < -0.39 is 12.7 Å². The molecule has 0 saturated carbocycles. The highest BCUT2D eigenvalue weighted by Crippen LogP contribution is 2.26. The largest absolute Gasteiger partial charge is 0.401 e. The summed E-state index contributed by atoms with van der Waals surface area (Å²) in [4.78, 5) is 0. The first-order valence-corrected chi connectivity index (χ1v) is 5.79. The molecule has 0 spiro atoms. The minimum Gasteiger partial charge on any atom is -0.312 e. The minimum absolute atomic E-state index is 0.173. The summed E-state index contributed by atoms with van der Waals surface area (Å²) in [6, 6.07) is 0.173. The first kappa shape index (κ1) is 15.7. The van der Waals surface area contributed by atoms with Gasteiger partial charge in [0.15, 0.2) is 0 Å². The molecular formula is C11H23F3N2. The number of hydrogen-bond donors (Lipinski definition) is 2. The molecule has 1 aliphatic heterocycles. The molecule has 0 amide bonds. The third-order valence-electron chi connectivity index (χ3n) is 2.38. The van der Waals surface area contributed by atoms with Crippen molar-refractivity contribution in [1.82, 2.24) is 10.6 Å². The van der Waals surface area contributed by atoms with Crippen molar-refractivity contribution in [1.29, 1.82) is 0 Å². The van der Waals surface area contributed by atoms with Crippen molar-refractivity contribution >= 4 is 0 Å². The Morgan fingerprint density at radius 3 is 2.25 bits per heavy atom. The fourth-order valence-electron chi connectivity index (χ4n) is 1.76. The van der Waals surface area contributed by atoms with Gasteiger partial charge in [-0.2, -0.15) is 13.2 Å². The number of hydrogen-bond acceptors (Lipinski definition) is 2. The summed E-state index contributed by atoms with van der Waals surface area (Å²) in [5.41, 5.74) is 0.213. The van der Waals surface area contributed by atoms with Gasteiger partial charge in [0.25, 0.3) is 0 Å². The Bertz CT molecular complexity index is 190. The van der Waals surface area contributed by atoms with Crippen LogP contribution >= 0.6 is 0 Å². The van der Waals surface area contributed by atoms with Crippen LogP contribution in [-0.4, -0.2) is 31.9 Å². The second kappa shape index (κ2) is 6.45. The molecule has 2 N–H and O–H groups in total. The molecule has 0 bridgehead atoms. The zero-order valence-electron chi connectivity index (χ0n) is 10.5. The lowest BCUT2D eigenvalue weighted by Gasteiger charge is -2.16. The van der Waals surface area contributed by atoms with Crippen molar-refractivity contribution in [2.75, 3.05) is 19.6 Å². The van der Waals surface area contributed by atoms with Crippen molar-refractivity contribution < 1.29 is 13.2 Å². The van der Waals surface area contributed by atoms with E-state index in [1.165, 1.54) is 0 Å². The maximum Gasteiger partial charge on any atom is 0.401 e. The summed E-state index contributed by atoms with van der Waals surface area (Å²) < 4.78 is 35.4. The first-order valence-electron chi connectivity index (χ1n) is 5.79. The Hall–Kier alpha value is -0.290. The number of halogens is 3. The smallest absolute Gasteiger partial charge is 0.312 e. The van der Waals surface area contributed by atoms with E-state index >= 15 is 0 Å². The molecule has 0 aromatic heterocycles. The van der Waals surface area contributed by atoms with Gasteiger partial charge in [0, 0.05) is 19.1 Å². The summed E-state index contributed by atoms with van der Waals surface area (Å²) in [5.74, 6) is 0. The molecule has 1 saturated heterocycles. The molecule has 1 aliphatic rings. The Labute approximate surface area is 96.0 Å². The van der Waals surface area contributed by atoms with Crippen LogP contribution in [0.1, 0.15) is 34.1 Å². The molecule has 1 fully saturated rings. The van der Waals surface area contributed by atoms with E-state index in [9.17, 15) is 13.2 Å². The van der Waals surface area contributed by atoms with Crippen molar-refractivity contribution in [2.24, 2.45) is 5.41 Å². The van der Waals surface area contributed by atoms with Crippen LogP contribution in [0.25, 0.3) is 0 Å². The molecule has 2 nitrogen and oxygen atoms in total. The number of alkyl halides is 3. The van der Waals surface area contributed by atoms with Crippen molar-refractivity contribution in [3.8, 4) is 0 Å². The normalized spacial score (nSPS) is 23.8. The zero-order valence-corrected chi connectivity index (χ0v) is 10.5. The van der Waals surface area contributed by atoms with E-state index in [4.69, 9.17) is 0 Å². The molecule has 98 valence electrons. The van der Waals surface area contributed by atoms with Gasteiger partial charge in [-0.15, -0.1) is 0 Å². The molecule has 0 radical (unpaired) electrons. The van der Waals surface area contributed by atoms with Gasteiger partial charge < -0.3 is 10.6 Å². The average Bonchev–Trinajstić information content (AvgIpc) is 2.47. The van der Waals surface area contributed by atoms with Crippen molar-refractivity contribution in [3.63, 3.8) is 0 Å². The van der Waals surface area contributed by atoms with Crippen LogP contribution in [-0.2, 0) is 0 Å². The van der Waals surface area contributed by atoms with Gasteiger partial charge in [-0.05, 0) is 11.8 Å². The van der Waals surface area contributed by atoms with Crippen LogP contribution in [0, 0.1) is 5.41 Å². The van der Waals surface area contributed by atoms with Crippen molar-refractivity contribution in [3.05, 3.63) is 0 Å². The van der Waals surface area contributed by atoms with Gasteiger partial charge in [-0.1, -0.05) is 27.7 Å². The van der Waals surface area contributed by atoms with Gasteiger partial charge in [-0.25, -0.2) is 0 Å². The molecule has 1 heterocycles. The predicted molar refractivity (Wildman–Crippen MR) is 60.5 cm³/mol. The lowest BCUT2D eigenvalue weighted by Crippen LogP contribution is -2.38. The van der Waals surface area contributed by atoms with E-state index in [1.807, 2.05) is 13.8 Å². The molecule has 0 aromatic carbocycles. The predicted octanol–water partition coefficient (Wildman–Crippen LogP) is 2.55. The summed E-state index contributed by atoms with van der Waals surface area (Å²) in [6.45, 7) is 8.60. The molecule has 16 heavy (non-hydrogen) atoms. The van der Waals surface area contributed by atoms with Gasteiger partial charge in [-0.3, -0.25) is 0 Å². The minimum atomic E-state index is -4.10. The third-order valence-corrected chi connectivity index (χ3v) is 2.38. The van der Waals surface area contributed by atoms with Crippen LogP contribution in [0.15, 0.2) is 0 Å². The quantitative estimate of drug-likeness (QED) is 0.792. The first-order chi connectivity index (χ1) is 7.29. The fraction of sp³-hybridized carbons (Fsp3) is 1.00. The van der Waals surface area contributed by atoms with Crippen LogP contribution in [0.5, 0.6) is 0 Å². The van der Waals surface area contributed by atoms with Crippen molar-refractivity contribution in [2.45, 2.75) is 46.3 Å². The Kier molecular flexibility index (Phi) is 6.33. The third kappa shape index (κ3) is 7.06. The monoisotopic (exact) mass is 240 g/mol. The second-order valence-corrected chi connectivity index (χ2v) is 4.69. The molecular weight excluding hydrogens is 217 g/mol. The topological polar surface area (TPSA) is 24.1 Å². The van der Waals surface area contributed by atoms with Crippen LogP contribution < -0.4 is 10.6 Å². The lowest BCUT2D eigenvalue weighted by atomic mass is 9.91. The Morgan fingerprint density at radius 1 is 1.31 bits per heavy atom. The molecule has 1 unspecified atom stereocenters. The summed E-state index contributed by atoms with van der Waals surface area (Å²) in [6.07, 6.45) is -3.17. The van der Waals surface area contributed by atoms with Gasteiger partial charge in [0.1, 0.15) is 0 Å². The summed E-state index contributed by atoms with van der Waals surface area (Å²) in [7, 11) is 0. The highest BCUT2D eigenvalue weighted by Gasteiger charge is 2.31. The molecule has 1 atom stereocenters. The number of nitrogens with one attached hydrogen (secondary N) is 2. The molecule has 1 rings (SSSR count). The maximum atomic E-state index is 11.8. The second-order valence-electron chi connectivity index (χ2n) is 4.69. The summed E-state index contributed by atoms with van der Waals surface area (Å²) in [5, 5.41) is 5.62. The van der Waals surface area contributed by atoms with Gasteiger partial charge in [0.2, 0.25) is 0 Å². The highest BCUT2D eigenvalue weighted by molar-refractivity contribution is 4.88. The lowest BCUT2D eigenvalue weighted by molar-refractivity contribution is -0.124. The zero-order chi connectivity index (χ0) is 12.8. The van der Waals surface area contributed by atoms with Gasteiger partial charge in [0.05, 0.1) is 6.54 Å². The van der Waals surface area contributed by atoms with Gasteiger partial charge >= 0.3 is 6.18 Å². The highest BCUT2D eigenvalue weighted by atomic mass is 19.4.